The molecule has 1 amide bonds. The van der Waals surface area contributed by atoms with Crippen molar-refractivity contribution in [3.05, 3.63) is 54.4 Å². The number of hydrogen-bond donors (Lipinski definition) is 2. The van der Waals surface area contributed by atoms with Gasteiger partial charge < -0.3 is 10.1 Å². The summed E-state index contributed by atoms with van der Waals surface area (Å²) < 4.78 is 45.4. The molecule has 0 aliphatic carbocycles. The smallest absolute Gasteiger partial charge is 0.236 e. The minimum atomic E-state index is -3.59. The molecule has 2 aromatic heterocycles. The number of amides is 1. The van der Waals surface area contributed by atoms with Crippen LogP contribution in [0.2, 0.25) is 0 Å². The van der Waals surface area contributed by atoms with E-state index in [1.165, 1.54) is 36.8 Å². The highest BCUT2D eigenvalue weighted by Gasteiger charge is 2.32. The van der Waals surface area contributed by atoms with Crippen molar-refractivity contribution in [2.45, 2.75) is 39.2 Å². The topological polar surface area (TPSA) is 136 Å². The van der Waals surface area contributed by atoms with Crippen molar-refractivity contribution in [1.82, 2.24) is 19.9 Å². The predicted molar refractivity (Wildman–Crippen MR) is 125 cm³/mol. The van der Waals surface area contributed by atoms with Gasteiger partial charge in [-0.25, -0.2) is 27.8 Å². The van der Waals surface area contributed by atoms with Gasteiger partial charge in [-0.05, 0) is 45.9 Å². The molecule has 0 aliphatic rings. The molecule has 0 aliphatic heterocycles. The monoisotopic (exact) mass is 488 g/mol. The number of nitrogens with zero attached hydrogens (tertiary/aromatic N) is 4. The van der Waals surface area contributed by atoms with E-state index in [1.54, 1.807) is 19.9 Å². The number of anilines is 2. The molecule has 12 heteroatoms. The van der Waals surface area contributed by atoms with Gasteiger partial charge in [0.2, 0.25) is 27.8 Å². The summed E-state index contributed by atoms with van der Waals surface area (Å²) in [5.41, 5.74) is -0.130. The van der Waals surface area contributed by atoms with Crippen LogP contribution in [0.15, 0.2) is 42.9 Å². The Morgan fingerprint density at radius 1 is 1.15 bits per heavy atom. The Bertz CT molecular complexity index is 1310. The van der Waals surface area contributed by atoms with E-state index in [2.05, 4.69) is 30.0 Å². The fourth-order valence-electron chi connectivity index (χ4n) is 2.88. The van der Waals surface area contributed by atoms with Crippen molar-refractivity contribution in [2.75, 3.05) is 16.3 Å². The Morgan fingerprint density at radius 3 is 2.53 bits per heavy atom. The second kappa shape index (κ2) is 9.67. The van der Waals surface area contributed by atoms with Crippen molar-refractivity contribution < 1.29 is 22.3 Å². The molecule has 0 saturated carbocycles. The summed E-state index contributed by atoms with van der Waals surface area (Å²) in [7, 11) is -3.59. The summed E-state index contributed by atoms with van der Waals surface area (Å²) in [5, 5.41) is 2.56. The lowest BCUT2D eigenvalue weighted by Gasteiger charge is -2.23. The molecule has 0 bridgehead atoms. The van der Waals surface area contributed by atoms with E-state index in [-0.39, 0.29) is 23.4 Å². The molecular formula is C22H25FN6O4S. The first-order chi connectivity index (χ1) is 15.8. The lowest BCUT2D eigenvalue weighted by molar-refractivity contribution is -0.120. The average molecular weight is 489 g/mol. The molecule has 0 unspecified atom stereocenters. The molecular weight excluding hydrogens is 463 g/mol. The summed E-state index contributed by atoms with van der Waals surface area (Å²) in [5.74, 6) is -1.06. The first-order valence-electron chi connectivity index (χ1n) is 10.3. The van der Waals surface area contributed by atoms with Gasteiger partial charge in [-0.1, -0.05) is 6.07 Å². The zero-order chi connectivity index (χ0) is 25.1. The maximum absolute atomic E-state index is 14.9. The second-order valence-electron chi connectivity index (χ2n) is 8.32. The van der Waals surface area contributed by atoms with Gasteiger partial charge in [0.25, 0.3) is 0 Å². The lowest BCUT2D eigenvalue weighted by atomic mass is 9.88. The van der Waals surface area contributed by atoms with Crippen molar-refractivity contribution >= 4 is 27.6 Å². The number of ether oxygens (including phenoxy) is 1. The molecule has 1 aromatic carbocycles. The zero-order valence-corrected chi connectivity index (χ0v) is 20.1. The SMILES string of the molecule is CC(C)Oc1cncc(-c2ccc(NC(=O)C(C)(C)c3ccnc(NS(C)(=O)=O)n3)c(F)c2)n1. The highest BCUT2D eigenvalue weighted by atomic mass is 32.2. The van der Waals surface area contributed by atoms with E-state index in [4.69, 9.17) is 4.74 Å². The van der Waals surface area contributed by atoms with E-state index in [9.17, 15) is 17.6 Å². The highest BCUT2D eigenvalue weighted by molar-refractivity contribution is 7.91. The summed E-state index contributed by atoms with van der Waals surface area (Å²) >= 11 is 0. The van der Waals surface area contributed by atoms with Crippen molar-refractivity contribution in [3.63, 3.8) is 0 Å². The number of halogens is 1. The van der Waals surface area contributed by atoms with Crippen LogP contribution >= 0.6 is 0 Å². The number of rotatable bonds is 8. The fourth-order valence-corrected chi connectivity index (χ4v) is 3.31. The number of hydrogen-bond acceptors (Lipinski definition) is 8. The third kappa shape index (κ3) is 6.22. The van der Waals surface area contributed by atoms with Crippen LogP contribution in [0.4, 0.5) is 16.0 Å². The van der Waals surface area contributed by atoms with Gasteiger partial charge in [-0.2, -0.15) is 0 Å². The Hall–Kier alpha value is -3.67. The molecule has 0 spiro atoms. The van der Waals surface area contributed by atoms with E-state index < -0.39 is 27.2 Å². The summed E-state index contributed by atoms with van der Waals surface area (Å²) in [6.45, 7) is 6.88. The number of aromatic nitrogens is 4. The summed E-state index contributed by atoms with van der Waals surface area (Å²) in [6, 6.07) is 5.75. The maximum Gasteiger partial charge on any atom is 0.236 e. The van der Waals surface area contributed by atoms with Crippen LogP contribution in [0.25, 0.3) is 11.3 Å². The van der Waals surface area contributed by atoms with E-state index >= 15 is 0 Å². The highest BCUT2D eigenvalue weighted by Crippen LogP contribution is 2.27. The molecule has 3 aromatic rings. The molecule has 3 rings (SSSR count). The first kappa shape index (κ1) is 25.0. The minimum absolute atomic E-state index is 0.0343. The summed E-state index contributed by atoms with van der Waals surface area (Å²) in [4.78, 5) is 29.3. The number of nitrogens with one attached hydrogen (secondary N) is 2. The molecule has 34 heavy (non-hydrogen) atoms. The van der Waals surface area contributed by atoms with E-state index in [1.807, 2.05) is 13.8 Å². The molecule has 0 radical (unpaired) electrons. The number of carbonyl (C=O) groups excluding carboxylic acids is 1. The average Bonchev–Trinajstić information content (AvgIpc) is 2.73. The molecule has 180 valence electrons. The molecule has 0 atom stereocenters. The first-order valence-corrected chi connectivity index (χ1v) is 12.2. The third-order valence-electron chi connectivity index (χ3n) is 4.62. The largest absolute Gasteiger partial charge is 0.474 e. The van der Waals surface area contributed by atoms with Crippen LogP contribution in [0, 0.1) is 5.82 Å². The van der Waals surface area contributed by atoms with Crippen LogP contribution in [0.5, 0.6) is 5.88 Å². The van der Waals surface area contributed by atoms with Crippen LogP contribution in [-0.4, -0.2) is 46.6 Å². The van der Waals surface area contributed by atoms with Gasteiger partial charge in [0.1, 0.15) is 5.82 Å². The van der Waals surface area contributed by atoms with Gasteiger partial charge in [0.05, 0.1) is 47.2 Å². The normalized spacial score (nSPS) is 11.9. The molecule has 0 saturated heterocycles. The number of sulfonamides is 1. The molecule has 2 N–H and O–H groups in total. The van der Waals surface area contributed by atoms with Crippen LogP contribution in [0.3, 0.4) is 0 Å². The predicted octanol–water partition coefficient (Wildman–Crippen LogP) is 3.15. The van der Waals surface area contributed by atoms with Gasteiger partial charge in [0, 0.05) is 11.8 Å². The standard InChI is InChI=1S/C22H25FN6O4S/c1-13(2)33-19-12-24-11-17(26-19)14-6-7-16(15(23)10-14)27-20(30)22(3,4)18-8-9-25-21(28-18)29-34(5,31)32/h6-13H,1-5H3,(H,27,30)(H,25,28,29). The Labute approximate surface area is 197 Å². The molecule has 0 fully saturated rings. The number of benzene rings is 1. The molecule has 2 heterocycles. The van der Waals surface area contributed by atoms with Gasteiger partial charge >= 0.3 is 0 Å². The maximum atomic E-state index is 14.9. The van der Waals surface area contributed by atoms with Crippen molar-refractivity contribution in [3.8, 4) is 17.1 Å². The lowest BCUT2D eigenvalue weighted by Crippen LogP contribution is -2.36. The fraction of sp³-hybridized carbons (Fsp3) is 0.318. The zero-order valence-electron chi connectivity index (χ0n) is 19.3. The van der Waals surface area contributed by atoms with Crippen molar-refractivity contribution in [2.24, 2.45) is 0 Å². The second-order valence-corrected chi connectivity index (χ2v) is 10.1. The summed E-state index contributed by atoms with van der Waals surface area (Å²) in [6.07, 6.45) is 5.17. The van der Waals surface area contributed by atoms with Crippen LogP contribution < -0.4 is 14.8 Å². The van der Waals surface area contributed by atoms with E-state index in [0.717, 1.165) is 6.26 Å². The third-order valence-corrected chi connectivity index (χ3v) is 5.18. The quantitative estimate of drug-likeness (QED) is 0.494. The Kier molecular flexibility index (Phi) is 7.10. The Balaban J connectivity index is 1.81. The van der Waals surface area contributed by atoms with Gasteiger partial charge in [-0.3, -0.25) is 14.5 Å². The number of carbonyl (C=O) groups is 1. The molecule has 10 nitrogen and oxygen atoms in total. The van der Waals surface area contributed by atoms with Crippen LogP contribution in [0.1, 0.15) is 33.4 Å². The minimum Gasteiger partial charge on any atom is -0.474 e. The van der Waals surface area contributed by atoms with Crippen molar-refractivity contribution in [1.29, 1.82) is 0 Å². The van der Waals surface area contributed by atoms with E-state index in [0.29, 0.717) is 17.1 Å². The van der Waals surface area contributed by atoms with Crippen LogP contribution in [-0.2, 0) is 20.2 Å². The van der Waals surface area contributed by atoms with Gasteiger partial charge in [-0.15, -0.1) is 0 Å². The van der Waals surface area contributed by atoms with Gasteiger partial charge in [0.15, 0.2) is 0 Å². The Morgan fingerprint density at radius 2 is 1.88 bits per heavy atom.